The summed E-state index contributed by atoms with van der Waals surface area (Å²) in [6, 6.07) is 0. The molecule has 0 aromatic rings. The second-order valence-electron chi connectivity index (χ2n) is 0. The van der Waals surface area contributed by atoms with Crippen molar-refractivity contribution in [3.8, 4) is 0 Å². The summed E-state index contributed by atoms with van der Waals surface area (Å²) in [7, 11) is 0. The summed E-state index contributed by atoms with van der Waals surface area (Å²) in [4.78, 5) is 0. The molecular formula is H12Al2Ba3O12. The van der Waals surface area contributed by atoms with E-state index in [0.29, 0.717) is 0 Å². The van der Waals surface area contributed by atoms with Crippen LogP contribution in [0.25, 0.3) is 0 Å². The van der Waals surface area contributed by atoms with Crippen molar-refractivity contribution in [2.24, 2.45) is 0 Å². The molecule has 0 aromatic carbocycles. The van der Waals surface area contributed by atoms with Crippen LogP contribution in [-0.4, -0.2) is 247 Å². The third-order valence-corrected chi connectivity index (χ3v) is 0. The van der Waals surface area contributed by atoms with E-state index < -0.39 is 0 Å². The van der Waals surface area contributed by atoms with E-state index in [-0.39, 0.29) is 247 Å². The van der Waals surface area contributed by atoms with Crippen molar-refractivity contribution in [2.45, 2.75) is 0 Å². The van der Waals surface area contributed by atoms with Gasteiger partial charge in [-0.1, -0.05) is 0 Å². The van der Waals surface area contributed by atoms with Gasteiger partial charge in [0.15, 0.2) is 0 Å². The molecule has 0 rings (SSSR count). The number of rotatable bonds is 0. The van der Waals surface area contributed by atoms with Crippen molar-refractivity contribution >= 4 is 181 Å². The van der Waals surface area contributed by atoms with Gasteiger partial charge >= 0.3 is 181 Å². The molecule has 12 N–H and O–H groups in total. The zero-order valence-electron chi connectivity index (χ0n) is 8.64. The van der Waals surface area contributed by atoms with Crippen LogP contribution in [0.2, 0.25) is 0 Å². The summed E-state index contributed by atoms with van der Waals surface area (Å²) < 4.78 is 0. The Balaban J connectivity index is 0. The van der Waals surface area contributed by atoms with Gasteiger partial charge in [-0.2, -0.15) is 0 Å². The predicted octanol–water partition coefficient (Wildman–Crippen LogP) is -4.03. The average Bonchev–Trinajstić information content (AvgIpc) is 0. The van der Waals surface area contributed by atoms with E-state index in [1.165, 1.54) is 0 Å². The van der Waals surface area contributed by atoms with Crippen LogP contribution in [0.1, 0.15) is 0 Å². The zero-order chi connectivity index (χ0) is 0. The van der Waals surface area contributed by atoms with Crippen LogP contribution in [0.4, 0.5) is 0 Å². The van der Waals surface area contributed by atoms with Crippen molar-refractivity contribution in [1.82, 2.24) is 0 Å². The molecule has 0 unspecified atom stereocenters. The van der Waals surface area contributed by atoms with Gasteiger partial charge in [0.1, 0.15) is 0 Å². The van der Waals surface area contributed by atoms with Gasteiger partial charge in [0.25, 0.3) is 0 Å². The molecule has 96 valence electrons. The van der Waals surface area contributed by atoms with E-state index in [1.807, 2.05) is 0 Å². The summed E-state index contributed by atoms with van der Waals surface area (Å²) in [6.07, 6.45) is 0. The molecule has 0 saturated carbocycles. The molecular weight excluding hydrogens is 658 g/mol. The third kappa shape index (κ3) is 283. The summed E-state index contributed by atoms with van der Waals surface area (Å²) >= 11 is 0. The molecule has 0 radical (unpaired) electrons. The third-order valence-electron chi connectivity index (χ3n) is 0. The smallest absolute Gasteiger partial charge is 0.870 e. The molecule has 17 heteroatoms. The predicted molar refractivity (Wildman–Crippen MR) is 52.0 cm³/mol. The first-order chi connectivity index (χ1) is 0. The Hall–Kier alpha value is 5.30. The first kappa shape index (κ1) is 360. The van der Waals surface area contributed by atoms with Gasteiger partial charge in [0, 0.05) is 0 Å². The molecule has 17 heavy (non-hydrogen) atoms. The van der Waals surface area contributed by atoms with Gasteiger partial charge in [-0.3, -0.25) is 0 Å². The monoisotopic (exact) mass is 672 g/mol. The maximum atomic E-state index is 0. The van der Waals surface area contributed by atoms with Crippen LogP contribution >= 0.6 is 0 Å². The number of hydrogen-bond acceptors (Lipinski definition) is 12. The van der Waals surface area contributed by atoms with Crippen molar-refractivity contribution in [1.29, 1.82) is 0 Å². The first-order valence-corrected chi connectivity index (χ1v) is 0. The van der Waals surface area contributed by atoms with Crippen LogP contribution in [0.3, 0.4) is 0 Å². The van der Waals surface area contributed by atoms with Crippen molar-refractivity contribution in [3.63, 3.8) is 0 Å². The maximum Gasteiger partial charge on any atom is 3.00 e. The van der Waals surface area contributed by atoms with E-state index in [0.717, 1.165) is 0 Å². The van der Waals surface area contributed by atoms with Crippen LogP contribution in [-0.2, 0) is 0 Å². The molecule has 0 atom stereocenters. The van der Waals surface area contributed by atoms with Gasteiger partial charge in [-0.05, 0) is 0 Å². The molecule has 0 bridgehead atoms. The Bertz CT molecular complexity index is 19.7. The van der Waals surface area contributed by atoms with Gasteiger partial charge in [0.2, 0.25) is 0 Å². The Kier molecular flexibility index (Phi) is 6620. The standard InChI is InChI=1S/2Al.3Ba.12H2O/h;;;;;12*1H2/q2*+3;3*+2;;;;;;;;;;;;/p-12. The van der Waals surface area contributed by atoms with E-state index in [9.17, 15) is 0 Å². The molecule has 0 aliphatic heterocycles. The number of hydrogen-bond donors (Lipinski definition) is 0. The summed E-state index contributed by atoms with van der Waals surface area (Å²) in [5, 5.41) is 0. The largest absolute Gasteiger partial charge is 3.00 e. The Morgan fingerprint density at radius 2 is 0.176 bits per heavy atom. The minimum atomic E-state index is 0. The molecule has 0 fully saturated rings. The Morgan fingerprint density at radius 3 is 0.176 bits per heavy atom. The maximum absolute atomic E-state index is 0. The van der Waals surface area contributed by atoms with Crippen LogP contribution in [0.15, 0.2) is 0 Å². The molecule has 0 spiro atoms. The quantitative estimate of drug-likeness (QED) is 0.222. The Morgan fingerprint density at radius 1 is 0.176 bits per heavy atom. The molecule has 0 amide bonds. The second-order valence-corrected chi connectivity index (χ2v) is 0. The van der Waals surface area contributed by atoms with Crippen LogP contribution in [0, 0.1) is 0 Å². The van der Waals surface area contributed by atoms with E-state index in [4.69, 9.17) is 0 Å². The van der Waals surface area contributed by atoms with Gasteiger partial charge in [-0.15, -0.1) is 0 Å². The Labute approximate surface area is 241 Å². The molecule has 0 aliphatic rings. The van der Waals surface area contributed by atoms with Crippen LogP contribution in [0.5, 0.6) is 0 Å². The fourth-order valence-corrected chi connectivity index (χ4v) is 0. The molecule has 0 aliphatic carbocycles. The second kappa shape index (κ2) is 313. The molecule has 0 saturated heterocycles. The molecule has 0 heterocycles. The van der Waals surface area contributed by atoms with E-state index >= 15 is 0 Å². The summed E-state index contributed by atoms with van der Waals surface area (Å²) in [5.74, 6) is 0. The fraction of sp³-hybridized carbons (Fsp3) is 0. The molecule has 12 nitrogen and oxygen atoms in total. The minimum absolute atomic E-state index is 0. The fourth-order valence-electron chi connectivity index (χ4n) is 0. The van der Waals surface area contributed by atoms with Crippen molar-refractivity contribution in [2.75, 3.05) is 0 Å². The van der Waals surface area contributed by atoms with E-state index in [2.05, 4.69) is 0 Å². The van der Waals surface area contributed by atoms with E-state index in [1.54, 1.807) is 0 Å². The topological polar surface area (TPSA) is 360 Å². The summed E-state index contributed by atoms with van der Waals surface area (Å²) in [5.41, 5.74) is 0. The normalized spacial score (nSPS) is 0. The zero-order valence-corrected chi connectivity index (χ0v) is 24.3. The van der Waals surface area contributed by atoms with Crippen LogP contribution < -0.4 is 0 Å². The molecule has 0 aromatic heterocycles. The minimum Gasteiger partial charge on any atom is -0.870 e. The van der Waals surface area contributed by atoms with Gasteiger partial charge < -0.3 is 65.7 Å². The SMILES string of the molecule is [Al+3].[Al+3].[Ba+2].[Ba+2].[Ba+2].[OH-].[OH-].[OH-].[OH-].[OH-].[OH-].[OH-].[OH-].[OH-].[OH-].[OH-].[OH-]. The summed E-state index contributed by atoms with van der Waals surface area (Å²) in [6.45, 7) is 0. The average molecular weight is 670 g/mol. The van der Waals surface area contributed by atoms with Gasteiger partial charge in [-0.25, -0.2) is 0 Å². The van der Waals surface area contributed by atoms with Gasteiger partial charge in [0.05, 0.1) is 0 Å². The van der Waals surface area contributed by atoms with Crippen molar-refractivity contribution in [3.05, 3.63) is 0 Å². The first-order valence-electron chi connectivity index (χ1n) is 0. The van der Waals surface area contributed by atoms with Crippen molar-refractivity contribution < 1.29 is 65.7 Å².